The first-order valence-electron chi connectivity index (χ1n) is 5.31. The molecule has 0 radical (unpaired) electrons. The summed E-state index contributed by atoms with van der Waals surface area (Å²) in [5.41, 5.74) is 8.09. The van der Waals surface area contributed by atoms with E-state index < -0.39 is 0 Å². The fraction of sp³-hybridized carbons (Fsp3) is 0.231. The van der Waals surface area contributed by atoms with Crippen molar-refractivity contribution in [1.29, 1.82) is 0 Å². The number of hydrogen-bond donors (Lipinski definition) is 1. The van der Waals surface area contributed by atoms with Gasteiger partial charge in [-0.3, -0.25) is 0 Å². The fourth-order valence-corrected chi connectivity index (χ4v) is 2.71. The van der Waals surface area contributed by atoms with Crippen molar-refractivity contribution < 1.29 is 4.39 Å². The molecule has 4 heteroatoms. The number of rotatable bonds is 3. The van der Waals surface area contributed by atoms with E-state index in [1.807, 2.05) is 6.92 Å². The minimum atomic E-state index is -0.321. The van der Waals surface area contributed by atoms with Crippen molar-refractivity contribution in [3.8, 4) is 0 Å². The molecule has 0 aliphatic heterocycles. The number of aryl methyl sites for hydroxylation is 1. The van der Waals surface area contributed by atoms with Gasteiger partial charge < -0.3 is 5.73 Å². The van der Waals surface area contributed by atoms with E-state index in [0.717, 1.165) is 11.1 Å². The van der Waals surface area contributed by atoms with Gasteiger partial charge in [-0.1, -0.05) is 17.7 Å². The highest BCUT2D eigenvalue weighted by atomic mass is 35.5. The molecule has 0 fully saturated rings. The molecule has 0 aliphatic carbocycles. The van der Waals surface area contributed by atoms with Crippen molar-refractivity contribution in [2.45, 2.75) is 19.4 Å². The molecular formula is C13H13ClFNS. The first-order chi connectivity index (χ1) is 8.06. The van der Waals surface area contributed by atoms with Crippen LogP contribution < -0.4 is 5.73 Å². The average Bonchev–Trinajstić information content (AvgIpc) is 2.69. The van der Waals surface area contributed by atoms with E-state index in [1.54, 1.807) is 17.4 Å². The predicted molar refractivity (Wildman–Crippen MR) is 71.1 cm³/mol. The lowest BCUT2D eigenvalue weighted by Crippen LogP contribution is -2.12. The Morgan fingerprint density at radius 1 is 1.41 bits per heavy atom. The fourth-order valence-electron chi connectivity index (χ4n) is 1.70. The van der Waals surface area contributed by atoms with Gasteiger partial charge in [-0.25, -0.2) is 4.39 Å². The SMILES string of the molecule is Cc1cc(C(N)Cc2ccc(F)cc2Cl)cs1. The second-order valence-corrected chi connectivity index (χ2v) is 5.56. The monoisotopic (exact) mass is 269 g/mol. The Hall–Kier alpha value is -0.900. The number of hydrogen-bond acceptors (Lipinski definition) is 2. The summed E-state index contributed by atoms with van der Waals surface area (Å²) in [7, 11) is 0. The number of halogens is 2. The predicted octanol–water partition coefficient (Wildman–Crippen LogP) is 4.09. The molecule has 0 spiro atoms. The molecule has 2 N–H and O–H groups in total. The van der Waals surface area contributed by atoms with Gasteiger partial charge in [0.2, 0.25) is 0 Å². The van der Waals surface area contributed by atoms with Crippen LogP contribution in [0.1, 0.15) is 22.0 Å². The van der Waals surface area contributed by atoms with E-state index in [2.05, 4.69) is 11.4 Å². The maximum Gasteiger partial charge on any atom is 0.124 e. The molecule has 17 heavy (non-hydrogen) atoms. The molecule has 1 aromatic carbocycles. The third-order valence-electron chi connectivity index (χ3n) is 2.63. The second kappa shape index (κ2) is 5.17. The molecule has 0 amide bonds. The largest absolute Gasteiger partial charge is 0.324 e. The Balaban J connectivity index is 2.15. The van der Waals surface area contributed by atoms with Gasteiger partial charge >= 0.3 is 0 Å². The minimum absolute atomic E-state index is 0.0945. The molecule has 1 nitrogen and oxygen atoms in total. The van der Waals surface area contributed by atoms with Crippen LogP contribution >= 0.6 is 22.9 Å². The van der Waals surface area contributed by atoms with Crippen molar-refractivity contribution in [2.24, 2.45) is 5.73 Å². The summed E-state index contributed by atoms with van der Waals surface area (Å²) in [4.78, 5) is 1.24. The molecular weight excluding hydrogens is 257 g/mol. The van der Waals surface area contributed by atoms with E-state index in [1.165, 1.54) is 17.0 Å². The first-order valence-corrected chi connectivity index (χ1v) is 6.56. The summed E-state index contributed by atoms with van der Waals surface area (Å²) in [6, 6.07) is 6.40. The van der Waals surface area contributed by atoms with Crippen LogP contribution in [0.25, 0.3) is 0 Å². The smallest absolute Gasteiger partial charge is 0.124 e. The topological polar surface area (TPSA) is 26.0 Å². The molecule has 0 saturated carbocycles. The van der Waals surface area contributed by atoms with Crippen LogP contribution in [0.2, 0.25) is 5.02 Å². The van der Waals surface area contributed by atoms with E-state index in [-0.39, 0.29) is 11.9 Å². The van der Waals surface area contributed by atoms with Crippen LogP contribution in [-0.2, 0) is 6.42 Å². The lowest BCUT2D eigenvalue weighted by Gasteiger charge is -2.11. The van der Waals surface area contributed by atoms with Crippen LogP contribution in [0.5, 0.6) is 0 Å². The zero-order chi connectivity index (χ0) is 12.4. The summed E-state index contributed by atoms with van der Waals surface area (Å²) in [6.45, 7) is 2.05. The molecule has 2 rings (SSSR count). The number of thiophene rings is 1. The normalized spacial score (nSPS) is 12.7. The maximum absolute atomic E-state index is 12.9. The molecule has 0 bridgehead atoms. The van der Waals surface area contributed by atoms with Crippen LogP contribution in [0.4, 0.5) is 4.39 Å². The van der Waals surface area contributed by atoms with Gasteiger partial charge in [0.15, 0.2) is 0 Å². The second-order valence-electron chi connectivity index (χ2n) is 4.04. The summed E-state index contributed by atoms with van der Waals surface area (Å²) >= 11 is 7.65. The van der Waals surface area contributed by atoms with Crippen molar-refractivity contribution in [2.75, 3.05) is 0 Å². The third-order valence-corrected chi connectivity index (χ3v) is 3.87. The standard InChI is InChI=1S/C13H13ClFNS/c1-8-4-10(7-17-8)13(16)5-9-2-3-11(15)6-12(9)14/h2-4,6-7,13H,5,16H2,1H3. The van der Waals surface area contributed by atoms with E-state index in [0.29, 0.717) is 11.4 Å². The van der Waals surface area contributed by atoms with Crippen LogP contribution in [-0.4, -0.2) is 0 Å². The maximum atomic E-state index is 12.9. The highest BCUT2D eigenvalue weighted by Gasteiger charge is 2.11. The Labute approximate surface area is 109 Å². The lowest BCUT2D eigenvalue weighted by atomic mass is 10.0. The van der Waals surface area contributed by atoms with Crippen LogP contribution in [0.15, 0.2) is 29.6 Å². The molecule has 1 aromatic heterocycles. The van der Waals surface area contributed by atoms with Crippen molar-refractivity contribution >= 4 is 22.9 Å². The van der Waals surface area contributed by atoms with E-state index >= 15 is 0 Å². The van der Waals surface area contributed by atoms with Gasteiger partial charge in [-0.2, -0.15) is 0 Å². The summed E-state index contributed by atoms with van der Waals surface area (Å²) in [5.74, 6) is -0.321. The third kappa shape index (κ3) is 3.06. The van der Waals surface area contributed by atoms with Gasteiger partial charge in [-0.05, 0) is 48.1 Å². The molecule has 0 aliphatic rings. The van der Waals surface area contributed by atoms with Gasteiger partial charge in [0, 0.05) is 15.9 Å². The van der Waals surface area contributed by atoms with Crippen LogP contribution in [0, 0.1) is 12.7 Å². The number of nitrogens with two attached hydrogens (primary N) is 1. The lowest BCUT2D eigenvalue weighted by molar-refractivity contribution is 0.625. The summed E-state index contributed by atoms with van der Waals surface area (Å²) < 4.78 is 12.9. The van der Waals surface area contributed by atoms with Gasteiger partial charge in [0.05, 0.1) is 0 Å². The zero-order valence-corrected chi connectivity index (χ0v) is 11.0. The van der Waals surface area contributed by atoms with E-state index in [4.69, 9.17) is 17.3 Å². The Bertz CT molecular complexity index is 524. The Morgan fingerprint density at radius 3 is 2.76 bits per heavy atom. The highest BCUT2D eigenvalue weighted by molar-refractivity contribution is 7.10. The van der Waals surface area contributed by atoms with Crippen molar-refractivity contribution in [3.05, 3.63) is 56.5 Å². The van der Waals surface area contributed by atoms with Gasteiger partial charge in [0.25, 0.3) is 0 Å². The Kier molecular flexibility index (Phi) is 3.82. The quantitative estimate of drug-likeness (QED) is 0.892. The minimum Gasteiger partial charge on any atom is -0.324 e. The molecule has 0 saturated heterocycles. The average molecular weight is 270 g/mol. The van der Waals surface area contributed by atoms with Gasteiger partial charge in [-0.15, -0.1) is 11.3 Å². The van der Waals surface area contributed by atoms with E-state index in [9.17, 15) is 4.39 Å². The summed E-state index contributed by atoms with van der Waals surface area (Å²) in [6.07, 6.45) is 0.620. The molecule has 1 heterocycles. The molecule has 90 valence electrons. The zero-order valence-electron chi connectivity index (χ0n) is 9.41. The molecule has 2 aromatic rings. The molecule has 1 atom stereocenters. The van der Waals surface area contributed by atoms with Gasteiger partial charge in [0.1, 0.15) is 5.82 Å². The van der Waals surface area contributed by atoms with Crippen molar-refractivity contribution in [1.82, 2.24) is 0 Å². The van der Waals surface area contributed by atoms with Crippen molar-refractivity contribution in [3.63, 3.8) is 0 Å². The highest BCUT2D eigenvalue weighted by Crippen LogP contribution is 2.25. The summed E-state index contributed by atoms with van der Waals surface area (Å²) in [5, 5.41) is 2.49. The van der Waals surface area contributed by atoms with Crippen LogP contribution in [0.3, 0.4) is 0 Å². The first kappa shape index (κ1) is 12.6. The molecule has 1 unspecified atom stereocenters. The number of benzene rings is 1. The Morgan fingerprint density at radius 2 is 2.18 bits per heavy atom.